The lowest BCUT2D eigenvalue weighted by molar-refractivity contribution is -0.137. The van der Waals surface area contributed by atoms with Gasteiger partial charge < -0.3 is 14.8 Å². The summed E-state index contributed by atoms with van der Waals surface area (Å²) in [4.78, 5) is 12.5. The van der Waals surface area contributed by atoms with E-state index in [-0.39, 0.29) is 17.9 Å². The van der Waals surface area contributed by atoms with Crippen LogP contribution in [0.4, 0.5) is 18.9 Å². The van der Waals surface area contributed by atoms with Gasteiger partial charge in [-0.3, -0.25) is 4.79 Å². The summed E-state index contributed by atoms with van der Waals surface area (Å²) in [6.07, 6.45) is 4.02. The van der Waals surface area contributed by atoms with Crippen molar-refractivity contribution in [1.82, 2.24) is 0 Å². The van der Waals surface area contributed by atoms with Crippen LogP contribution in [-0.2, 0) is 17.4 Å². The Kier molecular flexibility index (Phi) is 8.09. The first-order chi connectivity index (χ1) is 15.2. The Balaban J connectivity index is 2.39. The topological polar surface area (TPSA) is 71.3 Å². The van der Waals surface area contributed by atoms with Crippen LogP contribution in [0, 0.1) is 23.7 Å². The van der Waals surface area contributed by atoms with Crippen LogP contribution >= 0.6 is 0 Å². The van der Waals surface area contributed by atoms with Gasteiger partial charge in [0.25, 0.3) is 5.91 Å². The maximum atomic E-state index is 12.9. The summed E-state index contributed by atoms with van der Waals surface area (Å²) in [6, 6.07) is 9.11. The number of carbonyl (C=O) groups is 1. The lowest BCUT2D eigenvalue weighted by Crippen LogP contribution is -2.14. The van der Waals surface area contributed by atoms with Gasteiger partial charge in [0, 0.05) is 11.3 Å². The number of halogens is 3. The van der Waals surface area contributed by atoms with Gasteiger partial charge in [-0.2, -0.15) is 18.4 Å². The monoisotopic (exact) mass is 440 g/mol. The number of carbonyl (C=O) groups excluding carboxylic acids is 1. The van der Waals surface area contributed by atoms with Crippen LogP contribution < -0.4 is 14.8 Å². The molecule has 164 valence electrons. The highest BCUT2D eigenvalue weighted by atomic mass is 19.4. The number of nitrogens with one attached hydrogen (secondary N) is 1. The van der Waals surface area contributed by atoms with E-state index in [1.807, 2.05) is 0 Å². The van der Waals surface area contributed by atoms with Crippen molar-refractivity contribution in [3.63, 3.8) is 0 Å². The van der Waals surface area contributed by atoms with Crippen molar-refractivity contribution < 1.29 is 27.4 Å². The van der Waals surface area contributed by atoms with Gasteiger partial charge in [0.15, 0.2) is 11.5 Å². The van der Waals surface area contributed by atoms with Gasteiger partial charge in [-0.25, -0.2) is 0 Å². The summed E-state index contributed by atoms with van der Waals surface area (Å²) < 4.78 is 49.5. The third-order valence-corrected chi connectivity index (χ3v) is 4.16. The van der Waals surface area contributed by atoms with Crippen LogP contribution in [0.2, 0.25) is 0 Å². The lowest BCUT2D eigenvalue weighted by Gasteiger charge is -2.14. The summed E-state index contributed by atoms with van der Waals surface area (Å²) >= 11 is 0. The first-order valence-corrected chi connectivity index (χ1v) is 9.22. The molecule has 0 heterocycles. The van der Waals surface area contributed by atoms with Crippen LogP contribution in [0.15, 0.2) is 54.6 Å². The van der Waals surface area contributed by atoms with Crippen LogP contribution in [0.1, 0.15) is 16.7 Å². The number of benzene rings is 2. The van der Waals surface area contributed by atoms with Crippen molar-refractivity contribution in [2.45, 2.75) is 12.6 Å². The van der Waals surface area contributed by atoms with E-state index in [2.05, 4.69) is 17.8 Å². The molecule has 5 nitrogen and oxygen atoms in total. The zero-order chi connectivity index (χ0) is 23.7. The first kappa shape index (κ1) is 24.1. The zero-order valence-corrected chi connectivity index (χ0v) is 17.1. The number of amides is 1. The molecule has 0 aromatic heterocycles. The number of anilines is 1. The van der Waals surface area contributed by atoms with Crippen molar-refractivity contribution in [3.05, 3.63) is 71.3 Å². The van der Waals surface area contributed by atoms with Crippen LogP contribution in [0.3, 0.4) is 0 Å². The van der Waals surface area contributed by atoms with E-state index in [1.165, 1.54) is 19.3 Å². The Bertz CT molecular complexity index is 1120. The predicted octanol–water partition coefficient (Wildman–Crippen LogP) is 5.00. The number of hydrogen-bond acceptors (Lipinski definition) is 4. The van der Waals surface area contributed by atoms with Gasteiger partial charge in [-0.15, -0.1) is 13.0 Å². The molecule has 8 heteroatoms. The molecule has 0 aliphatic rings. The van der Waals surface area contributed by atoms with Gasteiger partial charge in [-0.05, 0) is 48.4 Å². The van der Waals surface area contributed by atoms with Crippen molar-refractivity contribution in [3.8, 4) is 29.9 Å². The number of terminal acetylenes is 1. The summed E-state index contributed by atoms with van der Waals surface area (Å²) in [5.41, 5.74) is -0.210. The van der Waals surface area contributed by atoms with E-state index in [9.17, 15) is 23.2 Å². The molecule has 32 heavy (non-hydrogen) atoms. The molecule has 0 atom stereocenters. The van der Waals surface area contributed by atoms with Crippen molar-refractivity contribution in [2.24, 2.45) is 0 Å². The van der Waals surface area contributed by atoms with Gasteiger partial charge in [-0.1, -0.05) is 18.1 Å². The molecule has 1 amide bonds. The third kappa shape index (κ3) is 6.16. The summed E-state index contributed by atoms with van der Waals surface area (Å²) in [7, 11) is 1.43. The number of nitrogens with zero attached hydrogens (tertiary/aromatic N) is 1. The largest absolute Gasteiger partial charge is 0.493 e. The second-order valence-corrected chi connectivity index (χ2v) is 6.40. The quantitative estimate of drug-likeness (QED) is 0.271. The van der Waals surface area contributed by atoms with Crippen LogP contribution in [0.5, 0.6) is 11.5 Å². The van der Waals surface area contributed by atoms with E-state index in [4.69, 9.17) is 15.9 Å². The minimum atomic E-state index is -4.56. The number of ether oxygens (including phenoxy) is 2. The fourth-order valence-electron chi connectivity index (χ4n) is 2.79. The molecule has 1 N–H and O–H groups in total. The number of rotatable bonds is 8. The fourth-order valence-corrected chi connectivity index (χ4v) is 2.79. The molecule has 0 unspecified atom stereocenters. The highest BCUT2D eigenvalue weighted by Gasteiger charge is 2.30. The summed E-state index contributed by atoms with van der Waals surface area (Å²) in [5.74, 6) is 2.25. The standard InChI is InChI=1S/C24H19F3N2O3/c1-4-7-17-11-16(13-21(31-3)22(17)32-10-5-2)12-18(15-28)23(30)29-20-9-6-8-19(14-20)24(25,26)27/h2,4,6,8-9,11-14H,1,7,10H2,3H3,(H,29,30)/b18-12+. The minimum Gasteiger partial charge on any atom is -0.493 e. The molecule has 0 aliphatic carbocycles. The van der Waals surface area contributed by atoms with Crippen molar-refractivity contribution in [2.75, 3.05) is 19.0 Å². The molecule has 0 fully saturated rings. The molecule has 0 aliphatic heterocycles. The van der Waals surface area contributed by atoms with Gasteiger partial charge in [0.05, 0.1) is 12.7 Å². The van der Waals surface area contributed by atoms with E-state index in [1.54, 1.807) is 24.3 Å². The average Bonchev–Trinajstić information content (AvgIpc) is 2.76. The summed E-state index contributed by atoms with van der Waals surface area (Å²) in [5, 5.41) is 11.7. The van der Waals surface area contributed by atoms with Crippen molar-refractivity contribution in [1.29, 1.82) is 5.26 Å². The SMILES string of the molecule is C#CCOc1c(CC=C)cc(/C=C(\C#N)C(=O)Nc2cccc(C(F)(F)F)c2)cc1OC. The number of methoxy groups -OCH3 is 1. The molecule has 2 aromatic rings. The van der Waals surface area contributed by atoms with E-state index >= 15 is 0 Å². The number of hydrogen-bond donors (Lipinski definition) is 1. The number of alkyl halides is 3. The second kappa shape index (κ2) is 10.7. The van der Waals surface area contributed by atoms with Gasteiger partial charge in [0.1, 0.15) is 18.2 Å². The van der Waals surface area contributed by atoms with Gasteiger partial charge >= 0.3 is 6.18 Å². The Hall–Kier alpha value is -4.17. The minimum absolute atomic E-state index is 0.0124. The van der Waals surface area contributed by atoms with Crippen molar-refractivity contribution >= 4 is 17.7 Å². The zero-order valence-electron chi connectivity index (χ0n) is 17.1. The lowest BCUT2D eigenvalue weighted by atomic mass is 10.0. The van der Waals surface area contributed by atoms with Gasteiger partial charge in [0.2, 0.25) is 0 Å². The molecule has 0 radical (unpaired) electrons. The Morgan fingerprint density at radius 2 is 2.06 bits per heavy atom. The predicted molar refractivity (Wildman–Crippen MR) is 115 cm³/mol. The molecule has 0 saturated heterocycles. The van der Waals surface area contributed by atoms with E-state index < -0.39 is 17.6 Å². The number of nitriles is 1. The molecule has 0 bridgehead atoms. The molecule has 0 saturated carbocycles. The van der Waals surface area contributed by atoms with E-state index in [0.717, 1.165) is 18.2 Å². The number of allylic oxidation sites excluding steroid dienone is 1. The molecule has 2 aromatic carbocycles. The Labute approximate surface area is 183 Å². The Morgan fingerprint density at radius 1 is 1.31 bits per heavy atom. The maximum Gasteiger partial charge on any atom is 0.416 e. The maximum absolute atomic E-state index is 12.9. The first-order valence-electron chi connectivity index (χ1n) is 9.22. The fraction of sp³-hybridized carbons (Fsp3) is 0.167. The summed E-state index contributed by atoms with van der Waals surface area (Å²) in [6.45, 7) is 3.70. The molecule has 0 spiro atoms. The Morgan fingerprint density at radius 3 is 2.66 bits per heavy atom. The molecule has 2 rings (SSSR count). The normalized spacial score (nSPS) is 11.1. The second-order valence-electron chi connectivity index (χ2n) is 6.40. The highest BCUT2D eigenvalue weighted by Crippen LogP contribution is 2.34. The van der Waals surface area contributed by atoms with Crippen LogP contribution in [0.25, 0.3) is 6.08 Å². The highest BCUT2D eigenvalue weighted by molar-refractivity contribution is 6.09. The van der Waals surface area contributed by atoms with Crippen LogP contribution in [-0.4, -0.2) is 19.6 Å². The third-order valence-electron chi connectivity index (χ3n) is 4.16. The molecular weight excluding hydrogens is 421 g/mol. The average molecular weight is 440 g/mol. The smallest absolute Gasteiger partial charge is 0.416 e. The molecular formula is C24H19F3N2O3. The van der Waals surface area contributed by atoms with E-state index in [0.29, 0.717) is 29.0 Å².